The van der Waals surface area contributed by atoms with Crippen molar-refractivity contribution < 1.29 is 23.1 Å². The van der Waals surface area contributed by atoms with Crippen molar-refractivity contribution in [3.8, 4) is 0 Å². The molecular weight excluding hydrogens is 441 g/mol. The average molecular weight is 459 g/mol. The molecule has 9 nitrogen and oxygen atoms in total. The molecule has 0 aliphatic carbocycles. The minimum atomic E-state index is -1.34. The first-order valence-electron chi connectivity index (χ1n) is 9.84. The summed E-state index contributed by atoms with van der Waals surface area (Å²) in [7, 11) is 0. The fourth-order valence-corrected chi connectivity index (χ4v) is 5.09. The van der Waals surface area contributed by atoms with Gasteiger partial charge in [0.15, 0.2) is 5.76 Å². The molecule has 0 spiro atoms. The van der Waals surface area contributed by atoms with Gasteiger partial charge in [0.25, 0.3) is 0 Å². The summed E-state index contributed by atoms with van der Waals surface area (Å²) in [5.74, 6) is -1.74. The minimum absolute atomic E-state index is 0.0120. The molecule has 1 N–H and O–H groups in total. The van der Waals surface area contributed by atoms with E-state index in [1.54, 1.807) is 17.4 Å². The first kappa shape index (κ1) is 20.5. The van der Waals surface area contributed by atoms with Gasteiger partial charge in [-0.25, -0.2) is 14.0 Å². The van der Waals surface area contributed by atoms with Gasteiger partial charge in [0, 0.05) is 26.2 Å². The van der Waals surface area contributed by atoms with Crippen LogP contribution < -0.4 is 20.8 Å². The molecular formula is C21H18FN3O6S. The fourth-order valence-electron chi connectivity index (χ4n) is 4.13. The number of aromatic nitrogens is 1. The Kier molecular flexibility index (Phi) is 4.68. The van der Waals surface area contributed by atoms with Crippen LogP contribution in [-0.4, -0.2) is 46.6 Å². The van der Waals surface area contributed by atoms with Crippen molar-refractivity contribution >= 4 is 45.3 Å². The number of hydrogen-bond donors (Lipinski definition) is 1. The number of aromatic carboxylic acids is 1. The standard InChI is InChI=1S/C21H18FN3O6S/c1-10-16(31-21(29)30-10)9-23-3-5-24(6-4-23)15-8-14-12(7-13(15)22)18(26)17(20(27)28)19-25(14)11(2)32-19/h7-8H,2-6,9H2,1H3,(H,27,28). The number of piperazine rings is 1. The Morgan fingerprint density at radius 2 is 1.94 bits per heavy atom. The highest BCUT2D eigenvalue weighted by Crippen LogP contribution is 2.28. The number of aryl methyl sites for hydroxylation is 1. The lowest BCUT2D eigenvalue weighted by Gasteiger charge is -2.36. The Morgan fingerprint density at radius 3 is 2.53 bits per heavy atom. The van der Waals surface area contributed by atoms with Crippen LogP contribution in [0.4, 0.5) is 10.1 Å². The van der Waals surface area contributed by atoms with E-state index in [1.807, 2.05) is 4.90 Å². The van der Waals surface area contributed by atoms with Gasteiger partial charge in [-0.1, -0.05) is 17.9 Å². The lowest BCUT2D eigenvalue weighted by Crippen LogP contribution is -2.46. The number of carbonyl (C=O) groups is 1. The molecule has 0 atom stereocenters. The summed E-state index contributed by atoms with van der Waals surface area (Å²) in [6.07, 6.45) is 0. The summed E-state index contributed by atoms with van der Waals surface area (Å²) in [5.41, 5.74) is -0.290. The second-order valence-corrected chi connectivity index (χ2v) is 8.73. The van der Waals surface area contributed by atoms with Gasteiger partial charge in [-0.2, -0.15) is 0 Å². The van der Waals surface area contributed by atoms with Crippen molar-refractivity contribution in [3.05, 3.63) is 60.5 Å². The van der Waals surface area contributed by atoms with Gasteiger partial charge in [0.05, 0.1) is 27.8 Å². The van der Waals surface area contributed by atoms with E-state index in [2.05, 4.69) is 11.5 Å². The van der Waals surface area contributed by atoms with Crippen LogP contribution in [-0.2, 0) is 6.54 Å². The van der Waals surface area contributed by atoms with Crippen LogP contribution in [0.15, 0.2) is 30.6 Å². The van der Waals surface area contributed by atoms with Crippen molar-refractivity contribution in [1.29, 1.82) is 0 Å². The number of benzene rings is 1. The molecule has 0 radical (unpaired) electrons. The Morgan fingerprint density at radius 1 is 1.22 bits per heavy atom. The van der Waals surface area contributed by atoms with Crippen molar-refractivity contribution in [2.75, 3.05) is 31.1 Å². The maximum Gasteiger partial charge on any atom is 0.519 e. The van der Waals surface area contributed by atoms with E-state index < -0.39 is 23.0 Å². The van der Waals surface area contributed by atoms with E-state index in [4.69, 9.17) is 8.83 Å². The molecule has 3 aromatic heterocycles. The van der Waals surface area contributed by atoms with E-state index >= 15 is 4.39 Å². The fraction of sp³-hybridized carbons (Fsp3) is 0.286. The van der Waals surface area contributed by atoms with Gasteiger partial charge in [-0.15, -0.1) is 0 Å². The molecule has 5 rings (SSSR count). The van der Waals surface area contributed by atoms with Crippen LogP contribution in [0.25, 0.3) is 22.3 Å². The molecule has 32 heavy (non-hydrogen) atoms. The summed E-state index contributed by atoms with van der Waals surface area (Å²) in [6.45, 7) is 8.21. The summed E-state index contributed by atoms with van der Waals surface area (Å²) < 4.78 is 27.1. The maximum absolute atomic E-state index is 15.0. The van der Waals surface area contributed by atoms with Crippen molar-refractivity contribution in [3.63, 3.8) is 0 Å². The molecule has 4 heterocycles. The number of nitrogens with zero attached hydrogens (tertiary/aromatic N) is 3. The zero-order valence-electron chi connectivity index (χ0n) is 17.0. The van der Waals surface area contributed by atoms with Crippen LogP contribution in [0, 0.1) is 12.7 Å². The van der Waals surface area contributed by atoms with E-state index in [0.29, 0.717) is 64.9 Å². The second kappa shape index (κ2) is 7.31. The third-order valence-electron chi connectivity index (χ3n) is 5.79. The van der Waals surface area contributed by atoms with E-state index in [9.17, 15) is 19.5 Å². The Labute approximate surface area is 183 Å². The first-order valence-corrected chi connectivity index (χ1v) is 10.7. The highest BCUT2D eigenvalue weighted by atomic mass is 32.1. The smallest absolute Gasteiger partial charge is 0.477 e. The largest absolute Gasteiger partial charge is 0.519 e. The first-order chi connectivity index (χ1) is 15.2. The molecule has 1 aromatic carbocycles. The summed E-state index contributed by atoms with van der Waals surface area (Å²) in [4.78, 5) is 39.8. The van der Waals surface area contributed by atoms with Crippen LogP contribution in [0.5, 0.6) is 0 Å². The quantitative estimate of drug-likeness (QED) is 0.491. The summed E-state index contributed by atoms with van der Waals surface area (Å²) in [5, 5.41) is 9.45. The van der Waals surface area contributed by atoms with Crippen LogP contribution in [0.3, 0.4) is 0 Å². The number of pyridine rings is 1. The van der Waals surface area contributed by atoms with Gasteiger partial charge in [0.2, 0.25) is 5.43 Å². The van der Waals surface area contributed by atoms with Crippen LogP contribution in [0.2, 0.25) is 0 Å². The third kappa shape index (κ3) is 3.12. The van der Waals surface area contributed by atoms with Crippen LogP contribution in [0.1, 0.15) is 21.9 Å². The predicted molar refractivity (Wildman–Crippen MR) is 116 cm³/mol. The van der Waals surface area contributed by atoms with Gasteiger partial charge in [0.1, 0.15) is 22.0 Å². The summed E-state index contributed by atoms with van der Waals surface area (Å²) in [6, 6.07) is 2.69. The van der Waals surface area contributed by atoms with Gasteiger partial charge < -0.3 is 18.8 Å². The molecule has 1 saturated heterocycles. The number of carboxylic acids is 1. The van der Waals surface area contributed by atoms with Crippen molar-refractivity contribution in [1.82, 2.24) is 9.30 Å². The third-order valence-corrected chi connectivity index (χ3v) is 6.79. The van der Waals surface area contributed by atoms with Crippen molar-refractivity contribution in [2.45, 2.75) is 13.5 Å². The molecule has 4 aromatic rings. The highest BCUT2D eigenvalue weighted by Gasteiger charge is 2.26. The van der Waals surface area contributed by atoms with E-state index in [1.165, 1.54) is 0 Å². The topological polar surface area (TPSA) is 109 Å². The lowest BCUT2D eigenvalue weighted by atomic mass is 10.1. The molecule has 1 fully saturated rings. The predicted octanol–water partition coefficient (Wildman–Crippen LogP) is 1.66. The van der Waals surface area contributed by atoms with Crippen molar-refractivity contribution in [2.24, 2.45) is 0 Å². The molecule has 1 aliphatic heterocycles. The number of halogens is 1. The molecule has 11 heteroatoms. The second-order valence-electron chi connectivity index (χ2n) is 7.66. The Bertz CT molecular complexity index is 1540. The number of fused-ring (bicyclic) bond motifs is 3. The Hall–Kier alpha value is -3.44. The Balaban J connectivity index is 1.47. The average Bonchev–Trinajstić information content (AvgIpc) is 3.05. The number of anilines is 1. The normalized spacial score (nSPS) is 15.2. The number of hydrogen-bond acceptors (Lipinski definition) is 8. The van der Waals surface area contributed by atoms with Gasteiger partial charge in [-0.05, 0) is 19.1 Å². The molecule has 0 amide bonds. The summed E-state index contributed by atoms with van der Waals surface area (Å²) >= 11 is 1.12. The molecule has 0 saturated carbocycles. The number of rotatable bonds is 4. The molecule has 1 aliphatic rings. The van der Waals surface area contributed by atoms with Gasteiger partial charge >= 0.3 is 11.8 Å². The maximum atomic E-state index is 15.0. The SMILES string of the molecule is C=c1sc2c(C(=O)O)c(=O)c3cc(F)c(N4CCN(Cc5oc(=O)oc5C)CC4)cc3n12. The minimum Gasteiger partial charge on any atom is -0.477 e. The van der Waals surface area contributed by atoms with Crippen LogP contribution >= 0.6 is 11.3 Å². The lowest BCUT2D eigenvalue weighted by molar-refractivity contribution is 0.0697. The zero-order chi connectivity index (χ0) is 22.7. The van der Waals surface area contributed by atoms with E-state index in [0.717, 1.165) is 17.4 Å². The monoisotopic (exact) mass is 459 g/mol. The molecule has 166 valence electrons. The number of carboxylic acid groups (broad SMARTS) is 1. The molecule has 0 unspecified atom stereocenters. The van der Waals surface area contributed by atoms with Gasteiger partial charge in [-0.3, -0.25) is 14.1 Å². The highest BCUT2D eigenvalue weighted by molar-refractivity contribution is 7.17. The zero-order valence-corrected chi connectivity index (χ0v) is 17.8. The van der Waals surface area contributed by atoms with E-state index in [-0.39, 0.29) is 10.9 Å². The molecule has 0 bridgehead atoms.